The van der Waals surface area contributed by atoms with E-state index in [0.29, 0.717) is 0 Å². The molecule has 2 N–H and O–H groups in total. The van der Waals surface area contributed by atoms with Gasteiger partial charge in [0.15, 0.2) is 17.4 Å². The van der Waals surface area contributed by atoms with Crippen molar-refractivity contribution < 1.29 is 27.9 Å². The van der Waals surface area contributed by atoms with E-state index < -0.39 is 35.0 Å². The third-order valence-corrected chi connectivity index (χ3v) is 3.28. The van der Waals surface area contributed by atoms with Crippen LogP contribution in [0.15, 0.2) is 48.2 Å². The topological polar surface area (TPSA) is 69.6 Å². The highest BCUT2D eigenvalue weighted by atomic mass is 19.1. The van der Waals surface area contributed by atoms with Crippen LogP contribution in [0.1, 0.15) is 0 Å². The SMILES string of the molecule is O=C1C=C(Nc2cc(F)c(O)c(F)c2)C(=O)N1c1cccc(F)c1. The number of benzene rings is 2. The summed E-state index contributed by atoms with van der Waals surface area (Å²) in [6.07, 6.45) is 0.926. The van der Waals surface area contributed by atoms with Gasteiger partial charge < -0.3 is 10.4 Å². The number of carbonyl (C=O) groups excluding carboxylic acids is 2. The zero-order valence-electron chi connectivity index (χ0n) is 11.9. The molecule has 0 spiro atoms. The molecular formula is C16H9F3N2O3. The van der Waals surface area contributed by atoms with Crippen LogP contribution in [0.5, 0.6) is 5.75 Å². The first kappa shape index (κ1) is 15.6. The van der Waals surface area contributed by atoms with Crippen molar-refractivity contribution in [1.29, 1.82) is 0 Å². The van der Waals surface area contributed by atoms with Crippen molar-refractivity contribution in [2.45, 2.75) is 0 Å². The second kappa shape index (κ2) is 5.73. The molecule has 0 bridgehead atoms. The van der Waals surface area contributed by atoms with Crippen LogP contribution in [-0.2, 0) is 9.59 Å². The Labute approximate surface area is 133 Å². The molecule has 0 saturated carbocycles. The molecule has 2 aromatic carbocycles. The van der Waals surface area contributed by atoms with Gasteiger partial charge >= 0.3 is 0 Å². The van der Waals surface area contributed by atoms with Crippen molar-refractivity contribution in [2.75, 3.05) is 10.2 Å². The molecule has 8 heteroatoms. The Hall–Kier alpha value is -3.29. The third kappa shape index (κ3) is 2.69. The highest BCUT2D eigenvalue weighted by Crippen LogP contribution is 2.27. The van der Waals surface area contributed by atoms with Crippen LogP contribution in [0.4, 0.5) is 24.5 Å². The molecule has 0 fully saturated rings. The molecule has 0 aromatic heterocycles. The fraction of sp³-hybridized carbons (Fsp3) is 0. The second-order valence-corrected chi connectivity index (χ2v) is 4.93. The summed E-state index contributed by atoms with van der Waals surface area (Å²) in [4.78, 5) is 25.0. The number of imide groups is 1. The van der Waals surface area contributed by atoms with Gasteiger partial charge in [-0.05, 0) is 18.2 Å². The molecule has 1 aliphatic rings. The van der Waals surface area contributed by atoms with Crippen molar-refractivity contribution in [3.05, 3.63) is 65.6 Å². The molecular weight excluding hydrogens is 325 g/mol. The normalized spacial score (nSPS) is 14.1. The summed E-state index contributed by atoms with van der Waals surface area (Å²) in [7, 11) is 0. The number of phenols is 1. The molecule has 1 heterocycles. The maximum absolute atomic E-state index is 13.3. The van der Waals surface area contributed by atoms with E-state index in [0.717, 1.165) is 35.2 Å². The molecule has 24 heavy (non-hydrogen) atoms. The number of phenolic OH excluding ortho intramolecular Hbond substituents is 1. The minimum atomic E-state index is -1.23. The zero-order chi connectivity index (χ0) is 17.4. The monoisotopic (exact) mass is 334 g/mol. The second-order valence-electron chi connectivity index (χ2n) is 4.93. The minimum Gasteiger partial charge on any atom is -0.503 e. The minimum absolute atomic E-state index is 0.0288. The van der Waals surface area contributed by atoms with Crippen molar-refractivity contribution >= 4 is 23.2 Å². The summed E-state index contributed by atoms with van der Waals surface area (Å²) in [6.45, 7) is 0. The lowest BCUT2D eigenvalue weighted by atomic mass is 10.2. The number of halogens is 3. The molecule has 0 aliphatic carbocycles. The number of aromatic hydroxyl groups is 1. The van der Waals surface area contributed by atoms with Gasteiger partial charge in [-0.15, -0.1) is 0 Å². The van der Waals surface area contributed by atoms with Gasteiger partial charge in [-0.2, -0.15) is 0 Å². The molecule has 2 aromatic rings. The Morgan fingerprint density at radius 2 is 1.67 bits per heavy atom. The first-order valence-electron chi connectivity index (χ1n) is 6.67. The first-order chi connectivity index (χ1) is 11.4. The number of carbonyl (C=O) groups is 2. The number of rotatable bonds is 3. The lowest BCUT2D eigenvalue weighted by Gasteiger charge is -2.15. The van der Waals surface area contributed by atoms with E-state index in [9.17, 15) is 22.8 Å². The van der Waals surface area contributed by atoms with E-state index in [1.54, 1.807) is 0 Å². The Kier molecular flexibility index (Phi) is 3.72. The number of nitrogens with zero attached hydrogens (tertiary/aromatic N) is 1. The van der Waals surface area contributed by atoms with E-state index >= 15 is 0 Å². The van der Waals surface area contributed by atoms with Gasteiger partial charge in [-0.1, -0.05) is 6.07 Å². The van der Waals surface area contributed by atoms with Gasteiger partial charge in [0, 0.05) is 23.9 Å². The molecule has 0 unspecified atom stereocenters. The van der Waals surface area contributed by atoms with Crippen molar-refractivity contribution in [3.8, 4) is 5.75 Å². The van der Waals surface area contributed by atoms with Gasteiger partial charge in [0.25, 0.3) is 11.8 Å². The van der Waals surface area contributed by atoms with Gasteiger partial charge in [0.05, 0.1) is 5.69 Å². The molecule has 5 nitrogen and oxygen atoms in total. The van der Waals surface area contributed by atoms with Crippen molar-refractivity contribution in [3.63, 3.8) is 0 Å². The molecule has 1 aliphatic heterocycles. The maximum Gasteiger partial charge on any atom is 0.281 e. The maximum atomic E-state index is 13.3. The van der Waals surface area contributed by atoms with Crippen LogP contribution in [0, 0.1) is 17.5 Å². The Morgan fingerprint density at radius 3 is 2.29 bits per heavy atom. The van der Waals surface area contributed by atoms with E-state index in [-0.39, 0.29) is 17.1 Å². The van der Waals surface area contributed by atoms with Crippen LogP contribution in [0.2, 0.25) is 0 Å². The molecule has 0 atom stereocenters. The van der Waals surface area contributed by atoms with Crippen molar-refractivity contribution in [1.82, 2.24) is 0 Å². The molecule has 3 rings (SSSR count). The Balaban J connectivity index is 1.88. The zero-order valence-corrected chi connectivity index (χ0v) is 11.9. The summed E-state index contributed by atoms with van der Waals surface area (Å²) >= 11 is 0. The fourth-order valence-electron chi connectivity index (χ4n) is 2.21. The Morgan fingerprint density at radius 1 is 1.00 bits per heavy atom. The summed E-state index contributed by atoms with van der Waals surface area (Å²) in [5, 5.41) is 11.5. The average molecular weight is 334 g/mol. The summed E-state index contributed by atoms with van der Waals surface area (Å²) < 4.78 is 39.9. The van der Waals surface area contributed by atoms with Crippen LogP contribution in [0.3, 0.4) is 0 Å². The highest BCUT2D eigenvalue weighted by molar-refractivity contribution is 6.31. The predicted molar refractivity (Wildman–Crippen MR) is 78.6 cm³/mol. The van der Waals surface area contributed by atoms with E-state index in [2.05, 4.69) is 5.32 Å². The van der Waals surface area contributed by atoms with Gasteiger partial charge in [0.1, 0.15) is 11.5 Å². The van der Waals surface area contributed by atoms with E-state index in [1.165, 1.54) is 12.1 Å². The summed E-state index contributed by atoms with van der Waals surface area (Å²) in [5.41, 5.74) is -0.383. The third-order valence-electron chi connectivity index (χ3n) is 3.28. The van der Waals surface area contributed by atoms with Gasteiger partial charge in [-0.3, -0.25) is 9.59 Å². The summed E-state index contributed by atoms with van der Waals surface area (Å²) in [5.74, 6) is -5.76. The number of amides is 2. The number of anilines is 2. The molecule has 0 saturated heterocycles. The van der Waals surface area contributed by atoms with Crippen molar-refractivity contribution in [2.24, 2.45) is 0 Å². The standard InChI is InChI=1S/C16H9F3N2O3/c17-8-2-1-3-10(4-8)21-14(22)7-13(16(21)24)20-9-5-11(18)15(23)12(19)6-9/h1-7,20,23H. The first-order valence-corrected chi connectivity index (χ1v) is 6.67. The lowest BCUT2D eigenvalue weighted by molar-refractivity contribution is -0.120. The van der Waals surface area contributed by atoms with Crippen LogP contribution >= 0.6 is 0 Å². The molecule has 2 amide bonds. The number of hydrogen-bond acceptors (Lipinski definition) is 4. The van der Waals surface area contributed by atoms with Crippen LogP contribution < -0.4 is 10.2 Å². The smallest absolute Gasteiger partial charge is 0.281 e. The molecule has 122 valence electrons. The van der Waals surface area contributed by atoms with Crippen LogP contribution in [0.25, 0.3) is 0 Å². The quantitative estimate of drug-likeness (QED) is 0.669. The number of nitrogens with one attached hydrogen (secondary N) is 1. The number of hydrogen-bond donors (Lipinski definition) is 2. The highest BCUT2D eigenvalue weighted by Gasteiger charge is 2.33. The molecule has 0 radical (unpaired) electrons. The fourth-order valence-corrected chi connectivity index (χ4v) is 2.21. The predicted octanol–water partition coefficient (Wildman–Crippen LogP) is 2.68. The van der Waals surface area contributed by atoms with E-state index in [4.69, 9.17) is 5.11 Å². The van der Waals surface area contributed by atoms with Gasteiger partial charge in [-0.25, -0.2) is 18.1 Å². The summed E-state index contributed by atoms with van der Waals surface area (Å²) in [6, 6.07) is 6.40. The average Bonchev–Trinajstić information content (AvgIpc) is 2.79. The largest absolute Gasteiger partial charge is 0.503 e. The Bertz CT molecular complexity index is 873. The van der Waals surface area contributed by atoms with E-state index in [1.807, 2.05) is 0 Å². The van der Waals surface area contributed by atoms with Crippen LogP contribution in [-0.4, -0.2) is 16.9 Å². The lowest BCUT2D eigenvalue weighted by Crippen LogP contribution is -2.32. The van der Waals surface area contributed by atoms with Gasteiger partial charge in [0.2, 0.25) is 0 Å².